The molecule has 0 unspecified atom stereocenters. The van der Waals surface area contributed by atoms with E-state index < -0.39 is 11.9 Å². The highest BCUT2D eigenvalue weighted by Gasteiger charge is 2.33. The Labute approximate surface area is 111 Å². The van der Waals surface area contributed by atoms with Gasteiger partial charge in [0, 0.05) is 29.7 Å². The van der Waals surface area contributed by atoms with Crippen LogP contribution in [0.4, 0.5) is 19.0 Å². The van der Waals surface area contributed by atoms with E-state index >= 15 is 0 Å². The fourth-order valence-corrected chi connectivity index (χ4v) is 2.26. The number of nitrogens with zero attached hydrogens (tertiary/aromatic N) is 2. The Hall–Kier alpha value is -0.570. The molecule has 7 heteroatoms. The van der Waals surface area contributed by atoms with Gasteiger partial charge in [0.05, 0.1) is 0 Å². The lowest BCUT2D eigenvalue weighted by Gasteiger charge is -2.29. The van der Waals surface area contributed by atoms with Crippen LogP contribution < -0.4 is 10.2 Å². The summed E-state index contributed by atoms with van der Waals surface area (Å²) >= 11 is 1.88. The van der Waals surface area contributed by atoms with Crippen LogP contribution in [0.2, 0.25) is 0 Å². The van der Waals surface area contributed by atoms with Crippen molar-refractivity contribution in [2.24, 2.45) is 0 Å². The first kappa shape index (κ1) is 12.9. The Morgan fingerprint density at radius 3 is 2.47 bits per heavy atom. The Morgan fingerprint density at radius 2 is 1.88 bits per heavy atom. The smallest absolute Gasteiger partial charge is 0.354 e. The van der Waals surface area contributed by atoms with Crippen LogP contribution in [0.3, 0.4) is 0 Å². The lowest BCUT2D eigenvalue weighted by molar-refractivity contribution is -0.141. The third-order valence-corrected chi connectivity index (χ3v) is 3.13. The first-order valence-corrected chi connectivity index (χ1v) is 6.25. The number of alkyl halides is 3. The maximum Gasteiger partial charge on any atom is 0.433 e. The van der Waals surface area contributed by atoms with Crippen molar-refractivity contribution in [1.82, 2.24) is 10.3 Å². The second kappa shape index (κ2) is 4.97. The van der Waals surface area contributed by atoms with Crippen LogP contribution in [0, 0.1) is 3.57 Å². The molecule has 1 aliphatic rings. The van der Waals surface area contributed by atoms with Crippen LogP contribution >= 0.6 is 22.6 Å². The molecule has 17 heavy (non-hydrogen) atoms. The molecular formula is C10H11F3IN3. The number of anilines is 1. The van der Waals surface area contributed by atoms with Crippen molar-refractivity contribution in [3.05, 3.63) is 21.4 Å². The maximum absolute atomic E-state index is 12.6. The standard InChI is InChI=1S/C10H11F3IN3/c11-10(12,13)8-5-7(14)6-9(16-8)17-3-1-15-2-4-17/h5-6,15H,1-4H2. The van der Waals surface area contributed by atoms with Gasteiger partial charge in [-0.05, 0) is 34.7 Å². The second-order valence-corrected chi connectivity index (χ2v) is 5.01. The lowest BCUT2D eigenvalue weighted by Crippen LogP contribution is -2.44. The molecule has 1 fully saturated rings. The molecule has 1 saturated heterocycles. The fraction of sp³-hybridized carbons (Fsp3) is 0.500. The topological polar surface area (TPSA) is 28.2 Å². The average Bonchev–Trinajstić information content (AvgIpc) is 2.28. The third kappa shape index (κ3) is 3.21. The summed E-state index contributed by atoms with van der Waals surface area (Å²) < 4.78 is 38.4. The number of rotatable bonds is 1. The van der Waals surface area contributed by atoms with E-state index in [0.29, 0.717) is 22.5 Å². The van der Waals surface area contributed by atoms with Gasteiger partial charge in [-0.15, -0.1) is 0 Å². The summed E-state index contributed by atoms with van der Waals surface area (Å²) in [5, 5.41) is 3.15. The van der Waals surface area contributed by atoms with Gasteiger partial charge in [0.25, 0.3) is 0 Å². The largest absolute Gasteiger partial charge is 0.433 e. The van der Waals surface area contributed by atoms with Gasteiger partial charge in [0.2, 0.25) is 0 Å². The summed E-state index contributed by atoms with van der Waals surface area (Å²) in [6.07, 6.45) is -4.38. The molecule has 94 valence electrons. The van der Waals surface area contributed by atoms with Crippen molar-refractivity contribution in [3.63, 3.8) is 0 Å². The minimum Gasteiger partial charge on any atom is -0.354 e. The van der Waals surface area contributed by atoms with Gasteiger partial charge >= 0.3 is 6.18 Å². The van der Waals surface area contributed by atoms with Crippen LogP contribution in [0.1, 0.15) is 5.69 Å². The molecule has 0 spiro atoms. The van der Waals surface area contributed by atoms with Gasteiger partial charge in [-0.1, -0.05) is 0 Å². The Bertz CT molecular complexity index is 402. The third-order valence-electron chi connectivity index (χ3n) is 2.51. The lowest BCUT2D eigenvalue weighted by atomic mass is 10.3. The molecule has 2 heterocycles. The number of nitrogens with one attached hydrogen (secondary N) is 1. The molecule has 1 N–H and O–H groups in total. The number of pyridine rings is 1. The molecular weight excluding hydrogens is 346 g/mol. The van der Waals surface area contributed by atoms with Crippen molar-refractivity contribution in [3.8, 4) is 0 Å². The zero-order chi connectivity index (χ0) is 12.5. The number of aromatic nitrogens is 1. The van der Waals surface area contributed by atoms with Crippen molar-refractivity contribution < 1.29 is 13.2 Å². The summed E-state index contributed by atoms with van der Waals surface area (Å²) in [4.78, 5) is 5.57. The number of hydrogen-bond acceptors (Lipinski definition) is 3. The van der Waals surface area contributed by atoms with Crippen LogP contribution in [0.5, 0.6) is 0 Å². The molecule has 1 aromatic rings. The quantitative estimate of drug-likeness (QED) is 0.781. The molecule has 0 atom stereocenters. The first-order valence-electron chi connectivity index (χ1n) is 5.17. The highest BCUT2D eigenvalue weighted by Crippen LogP contribution is 2.30. The maximum atomic E-state index is 12.6. The molecule has 0 bridgehead atoms. The Morgan fingerprint density at radius 1 is 1.24 bits per heavy atom. The van der Waals surface area contributed by atoms with E-state index in [2.05, 4.69) is 10.3 Å². The van der Waals surface area contributed by atoms with Crippen LogP contribution in [-0.4, -0.2) is 31.2 Å². The zero-order valence-electron chi connectivity index (χ0n) is 8.89. The van der Waals surface area contributed by atoms with E-state index in [0.717, 1.165) is 19.2 Å². The summed E-state index contributed by atoms with van der Waals surface area (Å²) in [5.41, 5.74) is -0.821. The Balaban J connectivity index is 2.31. The summed E-state index contributed by atoms with van der Waals surface area (Å²) in [5.74, 6) is 0.408. The first-order chi connectivity index (χ1) is 7.97. The molecule has 0 aliphatic carbocycles. The second-order valence-electron chi connectivity index (χ2n) is 3.76. The summed E-state index contributed by atoms with van der Waals surface area (Å²) in [7, 11) is 0. The predicted molar refractivity (Wildman–Crippen MR) is 67.0 cm³/mol. The van der Waals surface area contributed by atoms with Crippen molar-refractivity contribution >= 4 is 28.4 Å². The van der Waals surface area contributed by atoms with Gasteiger partial charge < -0.3 is 10.2 Å². The molecule has 3 nitrogen and oxygen atoms in total. The van der Waals surface area contributed by atoms with Crippen molar-refractivity contribution in [2.75, 3.05) is 31.1 Å². The molecule has 0 aromatic carbocycles. The van der Waals surface area contributed by atoms with E-state index in [1.165, 1.54) is 0 Å². The van der Waals surface area contributed by atoms with E-state index in [9.17, 15) is 13.2 Å². The number of halogens is 4. The molecule has 1 aromatic heterocycles. The molecule has 2 rings (SSSR count). The minimum atomic E-state index is -4.38. The van der Waals surface area contributed by atoms with Gasteiger partial charge in [-0.2, -0.15) is 13.2 Å². The van der Waals surface area contributed by atoms with Crippen LogP contribution in [0.25, 0.3) is 0 Å². The Kier molecular flexibility index (Phi) is 3.76. The SMILES string of the molecule is FC(F)(F)c1cc(I)cc(N2CCNCC2)n1. The fourth-order valence-electron chi connectivity index (χ4n) is 1.68. The van der Waals surface area contributed by atoms with E-state index in [4.69, 9.17) is 0 Å². The normalized spacial score (nSPS) is 17.3. The molecule has 1 aliphatic heterocycles. The molecule has 0 radical (unpaired) electrons. The van der Waals surface area contributed by atoms with Gasteiger partial charge in [-0.3, -0.25) is 0 Å². The summed E-state index contributed by atoms with van der Waals surface area (Å²) in [6.45, 7) is 2.91. The average molecular weight is 357 g/mol. The van der Waals surface area contributed by atoms with E-state index in [1.807, 2.05) is 27.5 Å². The highest BCUT2D eigenvalue weighted by atomic mass is 127. The predicted octanol–water partition coefficient (Wildman–Crippen LogP) is 2.11. The van der Waals surface area contributed by atoms with Crippen LogP contribution in [-0.2, 0) is 6.18 Å². The van der Waals surface area contributed by atoms with Crippen LogP contribution in [0.15, 0.2) is 12.1 Å². The van der Waals surface area contributed by atoms with Gasteiger partial charge in [-0.25, -0.2) is 4.98 Å². The van der Waals surface area contributed by atoms with Gasteiger partial charge in [0.15, 0.2) is 0 Å². The van der Waals surface area contributed by atoms with Gasteiger partial charge in [0.1, 0.15) is 11.5 Å². The van der Waals surface area contributed by atoms with E-state index in [-0.39, 0.29) is 0 Å². The minimum absolute atomic E-state index is 0.408. The summed E-state index contributed by atoms with van der Waals surface area (Å²) in [6, 6.07) is 2.74. The monoisotopic (exact) mass is 357 g/mol. The number of piperazine rings is 1. The molecule has 0 saturated carbocycles. The van der Waals surface area contributed by atoms with E-state index in [1.54, 1.807) is 6.07 Å². The van der Waals surface area contributed by atoms with Crippen molar-refractivity contribution in [1.29, 1.82) is 0 Å². The van der Waals surface area contributed by atoms with Crippen molar-refractivity contribution in [2.45, 2.75) is 6.18 Å². The zero-order valence-corrected chi connectivity index (χ0v) is 11.0. The molecule has 0 amide bonds. The highest BCUT2D eigenvalue weighted by molar-refractivity contribution is 14.1. The number of hydrogen-bond donors (Lipinski definition) is 1.